The summed E-state index contributed by atoms with van der Waals surface area (Å²) < 4.78 is 11.1. The fourth-order valence-electron chi connectivity index (χ4n) is 3.70. The van der Waals surface area contributed by atoms with Crippen LogP contribution >= 0.6 is 0 Å². The Bertz CT molecular complexity index is 920. The molecule has 140 valence electrons. The van der Waals surface area contributed by atoms with E-state index >= 15 is 0 Å². The van der Waals surface area contributed by atoms with Gasteiger partial charge >= 0.3 is 0 Å². The van der Waals surface area contributed by atoms with E-state index in [0.717, 1.165) is 60.5 Å². The zero-order valence-corrected chi connectivity index (χ0v) is 15.9. The molecule has 0 aliphatic carbocycles. The van der Waals surface area contributed by atoms with E-state index in [1.165, 1.54) is 5.56 Å². The molecule has 2 aromatic carbocycles. The van der Waals surface area contributed by atoms with Crippen molar-refractivity contribution in [2.75, 3.05) is 27.3 Å². The van der Waals surface area contributed by atoms with Crippen LogP contribution in [0.2, 0.25) is 0 Å². The number of nitrogens with zero attached hydrogens (tertiary/aromatic N) is 3. The van der Waals surface area contributed by atoms with E-state index in [4.69, 9.17) is 14.5 Å². The number of hydrogen-bond donors (Lipinski definition) is 0. The highest BCUT2D eigenvalue weighted by molar-refractivity contribution is 5.78. The average Bonchev–Trinajstić information content (AvgIpc) is 2.74. The number of likely N-dealkylation sites (tertiary alicyclic amines) is 1. The highest BCUT2D eigenvalue weighted by Crippen LogP contribution is 2.31. The van der Waals surface area contributed by atoms with Crippen LogP contribution < -0.4 is 4.74 Å². The fraction of sp³-hybridized carbons (Fsp3) is 0.364. The van der Waals surface area contributed by atoms with Gasteiger partial charge in [-0.3, -0.25) is 9.88 Å². The van der Waals surface area contributed by atoms with Crippen molar-refractivity contribution in [1.82, 2.24) is 14.9 Å². The van der Waals surface area contributed by atoms with Crippen LogP contribution in [0.4, 0.5) is 0 Å². The molecule has 0 radical (unpaired) electrons. The monoisotopic (exact) mass is 363 g/mol. The molecule has 5 heteroatoms. The Morgan fingerprint density at radius 1 is 1.04 bits per heavy atom. The number of benzene rings is 2. The lowest BCUT2D eigenvalue weighted by Gasteiger charge is -2.31. The second kappa shape index (κ2) is 8.03. The average molecular weight is 363 g/mol. The normalized spacial score (nSPS) is 15.9. The van der Waals surface area contributed by atoms with Crippen molar-refractivity contribution >= 4 is 11.0 Å². The number of hydrogen-bond acceptors (Lipinski definition) is 5. The Labute approximate surface area is 160 Å². The van der Waals surface area contributed by atoms with Crippen LogP contribution in [0.3, 0.4) is 0 Å². The summed E-state index contributed by atoms with van der Waals surface area (Å²) in [5.41, 5.74) is 4.88. The van der Waals surface area contributed by atoms with E-state index in [1.54, 1.807) is 14.2 Å². The molecule has 0 spiro atoms. The van der Waals surface area contributed by atoms with Crippen LogP contribution in [0.25, 0.3) is 22.3 Å². The number of para-hydroxylation sites is 2. The topological polar surface area (TPSA) is 47.5 Å². The maximum absolute atomic E-state index is 5.59. The van der Waals surface area contributed by atoms with E-state index in [9.17, 15) is 0 Å². The lowest BCUT2D eigenvalue weighted by molar-refractivity contribution is 0.0388. The largest absolute Gasteiger partial charge is 0.496 e. The van der Waals surface area contributed by atoms with Crippen LogP contribution in [0, 0.1) is 0 Å². The summed E-state index contributed by atoms with van der Waals surface area (Å²) in [5, 5.41) is 0. The minimum Gasteiger partial charge on any atom is -0.496 e. The molecule has 2 heterocycles. The number of ether oxygens (including phenoxy) is 2. The molecule has 1 fully saturated rings. The molecular formula is C22H25N3O2. The third-order valence-corrected chi connectivity index (χ3v) is 5.26. The van der Waals surface area contributed by atoms with Crippen LogP contribution in [0.5, 0.6) is 5.75 Å². The van der Waals surface area contributed by atoms with Crippen molar-refractivity contribution in [2.24, 2.45) is 0 Å². The number of fused-ring (bicyclic) bond motifs is 1. The van der Waals surface area contributed by atoms with Gasteiger partial charge in [0.25, 0.3) is 0 Å². The maximum atomic E-state index is 5.59. The number of methoxy groups -OCH3 is 2. The third-order valence-electron chi connectivity index (χ3n) is 5.26. The van der Waals surface area contributed by atoms with Crippen molar-refractivity contribution in [2.45, 2.75) is 25.5 Å². The molecule has 0 bridgehead atoms. The summed E-state index contributed by atoms with van der Waals surface area (Å²) in [6.07, 6.45) is 4.42. The quantitative estimate of drug-likeness (QED) is 0.688. The summed E-state index contributed by atoms with van der Waals surface area (Å²) in [5.74, 6) is 0.821. The lowest BCUT2D eigenvalue weighted by atomic mass is 10.0. The summed E-state index contributed by atoms with van der Waals surface area (Å²) in [4.78, 5) is 11.8. The molecule has 0 amide bonds. The molecule has 3 aromatic rings. The van der Waals surface area contributed by atoms with Crippen LogP contribution in [-0.4, -0.2) is 48.3 Å². The van der Waals surface area contributed by atoms with E-state index in [1.807, 2.05) is 36.5 Å². The molecule has 1 aliphatic rings. The predicted octanol–water partition coefficient (Wildman–Crippen LogP) is 3.92. The zero-order chi connectivity index (χ0) is 18.6. The highest BCUT2D eigenvalue weighted by atomic mass is 16.5. The van der Waals surface area contributed by atoms with Gasteiger partial charge in [0.2, 0.25) is 0 Å². The first-order valence-electron chi connectivity index (χ1n) is 9.41. The van der Waals surface area contributed by atoms with Crippen molar-refractivity contribution in [3.8, 4) is 17.0 Å². The molecule has 1 aromatic heterocycles. The molecule has 0 unspecified atom stereocenters. The van der Waals surface area contributed by atoms with Gasteiger partial charge in [0.1, 0.15) is 5.75 Å². The number of aromatic nitrogens is 2. The van der Waals surface area contributed by atoms with E-state index in [2.05, 4.69) is 22.0 Å². The molecule has 0 saturated carbocycles. The van der Waals surface area contributed by atoms with Gasteiger partial charge in [-0.1, -0.05) is 18.2 Å². The van der Waals surface area contributed by atoms with E-state index in [0.29, 0.717) is 6.10 Å². The molecule has 1 aliphatic heterocycles. The van der Waals surface area contributed by atoms with Gasteiger partial charge in [-0.15, -0.1) is 0 Å². The molecule has 27 heavy (non-hydrogen) atoms. The Morgan fingerprint density at radius 3 is 2.56 bits per heavy atom. The second-order valence-corrected chi connectivity index (χ2v) is 6.99. The van der Waals surface area contributed by atoms with Crippen molar-refractivity contribution in [3.63, 3.8) is 0 Å². The minimum atomic E-state index is 0.403. The van der Waals surface area contributed by atoms with Crippen LogP contribution in [0.1, 0.15) is 18.4 Å². The van der Waals surface area contributed by atoms with Crippen LogP contribution in [-0.2, 0) is 11.3 Å². The SMILES string of the molecule is COc1ccc(CN2CCC(OC)CC2)cc1-c1cnc2ccccc2n1. The zero-order valence-electron chi connectivity index (χ0n) is 15.9. The number of piperidine rings is 1. The third kappa shape index (κ3) is 3.94. The standard InChI is InChI=1S/C22H25N3O2/c1-26-17-9-11-25(12-10-17)15-16-7-8-22(27-2)18(13-16)21-14-23-19-5-3-4-6-20(19)24-21/h3-8,13-14,17H,9-12,15H2,1-2H3. The smallest absolute Gasteiger partial charge is 0.128 e. The molecule has 1 saturated heterocycles. The Hall–Kier alpha value is -2.50. The van der Waals surface area contributed by atoms with Crippen LogP contribution in [0.15, 0.2) is 48.7 Å². The van der Waals surface area contributed by atoms with E-state index in [-0.39, 0.29) is 0 Å². The van der Waals surface area contributed by atoms with Gasteiger partial charge in [-0.2, -0.15) is 0 Å². The van der Waals surface area contributed by atoms with Gasteiger partial charge in [0.15, 0.2) is 0 Å². The Balaban J connectivity index is 1.60. The molecule has 0 N–H and O–H groups in total. The van der Waals surface area contributed by atoms with Gasteiger partial charge in [0.05, 0.1) is 36.1 Å². The summed E-state index contributed by atoms with van der Waals surface area (Å²) >= 11 is 0. The predicted molar refractivity (Wildman–Crippen MR) is 107 cm³/mol. The summed E-state index contributed by atoms with van der Waals surface area (Å²) in [6, 6.07) is 14.3. The highest BCUT2D eigenvalue weighted by Gasteiger charge is 2.19. The van der Waals surface area contributed by atoms with Gasteiger partial charge in [0, 0.05) is 32.3 Å². The molecule has 5 nitrogen and oxygen atoms in total. The first kappa shape index (κ1) is 17.9. The Kier molecular flexibility index (Phi) is 5.32. The van der Waals surface area contributed by atoms with Gasteiger partial charge in [-0.25, -0.2) is 4.98 Å². The summed E-state index contributed by atoms with van der Waals surface area (Å²) in [7, 11) is 3.50. The molecular weight excluding hydrogens is 338 g/mol. The first-order valence-corrected chi connectivity index (χ1v) is 9.41. The van der Waals surface area contributed by atoms with E-state index < -0.39 is 0 Å². The van der Waals surface area contributed by atoms with Crippen molar-refractivity contribution in [3.05, 3.63) is 54.2 Å². The lowest BCUT2D eigenvalue weighted by Crippen LogP contribution is -2.36. The maximum Gasteiger partial charge on any atom is 0.128 e. The first-order chi connectivity index (χ1) is 13.3. The Morgan fingerprint density at radius 2 is 1.81 bits per heavy atom. The van der Waals surface area contributed by atoms with Crippen molar-refractivity contribution < 1.29 is 9.47 Å². The van der Waals surface area contributed by atoms with Crippen molar-refractivity contribution in [1.29, 1.82) is 0 Å². The minimum absolute atomic E-state index is 0.403. The second-order valence-electron chi connectivity index (χ2n) is 6.99. The van der Waals surface area contributed by atoms with Gasteiger partial charge < -0.3 is 9.47 Å². The van der Waals surface area contributed by atoms with Gasteiger partial charge in [-0.05, 0) is 42.7 Å². The molecule has 4 rings (SSSR count). The molecule has 0 atom stereocenters. The number of rotatable bonds is 5. The summed E-state index contributed by atoms with van der Waals surface area (Å²) in [6.45, 7) is 3.06. The fourth-order valence-corrected chi connectivity index (χ4v) is 3.70.